The Morgan fingerprint density at radius 3 is 3.14 bits per heavy atom. The van der Waals surface area contributed by atoms with Gasteiger partial charge in [0.1, 0.15) is 17.2 Å². The molecule has 1 saturated heterocycles. The number of ether oxygens (including phenoxy) is 1. The van der Waals surface area contributed by atoms with Crippen LogP contribution in [-0.2, 0) is 16.1 Å². The molecule has 0 unspecified atom stereocenters. The van der Waals surface area contributed by atoms with Crippen molar-refractivity contribution in [2.75, 3.05) is 6.61 Å². The summed E-state index contributed by atoms with van der Waals surface area (Å²) in [6.45, 7) is 2.71. The van der Waals surface area contributed by atoms with Crippen LogP contribution in [0.2, 0.25) is 0 Å². The molecule has 1 aromatic carbocycles. The third-order valence-electron chi connectivity index (χ3n) is 3.86. The highest BCUT2D eigenvalue weighted by atomic mass is 19.1. The number of aromatic nitrogens is 2. The summed E-state index contributed by atoms with van der Waals surface area (Å²) < 4.78 is 18.7. The number of nitrogens with zero attached hydrogens (tertiary/aromatic N) is 1. The van der Waals surface area contributed by atoms with E-state index in [2.05, 4.69) is 15.3 Å². The zero-order chi connectivity index (χ0) is 14.9. The molecule has 1 aromatic heterocycles. The quantitative estimate of drug-likeness (QED) is 0.911. The summed E-state index contributed by atoms with van der Waals surface area (Å²) in [5.41, 5.74) is 0.552. The van der Waals surface area contributed by atoms with E-state index in [1.165, 1.54) is 12.1 Å². The molecule has 112 valence electrons. The number of benzene rings is 1. The summed E-state index contributed by atoms with van der Waals surface area (Å²) in [7, 11) is 0. The van der Waals surface area contributed by atoms with E-state index in [4.69, 9.17) is 4.74 Å². The molecule has 1 aliphatic heterocycles. The first-order valence-corrected chi connectivity index (χ1v) is 7.13. The highest BCUT2D eigenvalue weighted by Crippen LogP contribution is 2.24. The van der Waals surface area contributed by atoms with Crippen LogP contribution in [0.1, 0.15) is 32.0 Å². The Balaban J connectivity index is 1.67. The van der Waals surface area contributed by atoms with Gasteiger partial charge in [-0.1, -0.05) is 0 Å². The van der Waals surface area contributed by atoms with Gasteiger partial charge in [-0.05, 0) is 44.4 Å². The van der Waals surface area contributed by atoms with E-state index in [1.807, 2.05) is 6.92 Å². The smallest absolute Gasteiger partial charge is 0.252 e. The van der Waals surface area contributed by atoms with Crippen molar-refractivity contribution in [3.05, 3.63) is 29.8 Å². The fraction of sp³-hybridized carbons (Fsp3) is 0.467. The largest absolute Gasteiger partial charge is 0.365 e. The fourth-order valence-electron chi connectivity index (χ4n) is 2.58. The SMILES string of the molecule is C[C@]1(C(=O)NCc2nc3ccc(F)cc3[nH]2)CCCCO1. The van der Waals surface area contributed by atoms with Crippen molar-refractivity contribution in [2.24, 2.45) is 0 Å². The Kier molecular flexibility index (Phi) is 3.63. The monoisotopic (exact) mass is 291 g/mol. The Morgan fingerprint density at radius 2 is 2.38 bits per heavy atom. The predicted octanol–water partition coefficient (Wildman–Crippen LogP) is 2.28. The summed E-state index contributed by atoms with van der Waals surface area (Å²) in [5, 5.41) is 2.83. The van der Waals surface area contributed by atoms with Gasteiger partial charge >= 0.3 is 0 Å². The van der Waals surface area contributed by atoms with Gasteiger partial charge in [-0.2, -0.15) is 0 Å². The average molecular weight is 291 g/mol. The van der Waals surface area contributed by atoms with E-state index >= 15 is 0 Å². The Bertz CT molecular complexity index is 662. The zero-order valence-electron chi connectivity index (χ0n) is 11.9. The number of amides is 1. The molecule has 1 amide bonds. The highest BCUT2D eigenvalue weighted by molar-refractivity contribution is 5.84. The number of carbonyl (C=O) groups is 1. The number of carbonyl (C=O) groups excluding carboxylic acids is 1. The summed E-state index contributed by atoms with van der Waals surface area (Å²) in [6.07, 6.45) is 2.72. The molecule has 2 heterocycles. The van der Waals surface area contributed by atoms with Crippen LogP contribution in [0, 0.1) is 5.82 Å². The highest BCUT2D eigenvalue weighted by Gasteiger charge is 2.35. The maximum absolute atomic E-state index is 13.1. The molecule has 2 N–H and O–H groups in total. The lowest BCUT2D eigenvalue weighted by Gasteiger charge is -2.32. The van der Waals surface area contributed by atoms with Crippen molar-refractivity contribution in [1.29, 1.82) is 0 Å². The van der Waals surface area contributed by atoms with Crippen molar-refractivity contribution in [2.45, 2.75) is 38.3 Å². The lowest BCUT2D eigenvalue weighted by molar-refractivity contribution is -0.150. The van der Waals surface area contributed by atoms with Gasteiger partial charge in [-0.15, -0.1) is 0 Å². The van der Waals surface area contributed by atoms with Crippen molar-refractivity contribution < 1.29 is 13.9 Å². The molecule has 1 fully saturated rings. The lowest BCUT2D eigenvalue weighted by Crippen LogP contribution is -2.48. The molecule has 0 spiro atoms. The molecule has 0 aliphatic carbocycles. The first kappa shape index (κ1) is 14.0. The topological polar surface area (TPSA) is 67.0 Å². The Hall–Kier alpha value is -1.95. The third-order valence-corrected chi connectivity index (χ3v) is 3.86. The van der Waals surface area contributed by atoms with E-state index < -0.39 is 5.60 Å². The Labute approximate surface area is 121 Å². The van der Waals surface area contributed by atoms with Gasteiger partial charge in [-0.25, -0.2) is 9.37 Å². The zero-order valence-corrected chi connectivity index (χ0v) is 11.9. The number of nitrogens with one attached hydrogen (secondary N) is 2. The lowest BCUT2D eigenvalue weighted by atomic mass is 9.95. The van der Waals surface area contributed by atoms with Crippen molar-refractivity contribution in [3.63, 3.8) is 0 Å². The van der Waals surface area contributed by atoms with Gasteiger partial charge in [-0.3, -0.25) is 4.79 Å². The van der Waals surface area contributed by atoms with Crippen molar-refractivity contribution in [3.8, 4) is 0 Å². The number of aromatic amines is 1. The number of fused-ring (bicyclic) bond motifs is 1. The minimum absolute atomic E-state index is 0.131. The second kappa shape index (κ2) is 5.44. The number of rotatable bonds is 3. The first-order valence-electron chi connectivity index (χ1n) is 7.13. The fourth-order valence-corrected chi connectivity index (χ4v) is 2.58. The molecule has 0 radical (unpaired) electrons. The minimum Gasteiger partial charge on any atom is -0.365 e. The average Bonchev–Trinajstić information content (AvgIpc) is 2.87. The van der Waals surface area contributed by atoms with Crippen LogP contribution in [0.5, 0.6) is 0 Å². The second-order valence-corrected chi connectivity index (χ2v) is 5.56. The van der Waals surface area contributed by atoms with E-state index in [1.54, 1.807) is 6.07 Å². The molecule has 1 atom stereocenters. The molecule has 21 heavy (non-hydrogen) atoms. The van der Waals surface area contributed by atoms with Gasteiger partial charge in [0.2, 0.25) is 0 Å². The van der Waals surface area contributed by atoms with E-state index in [-0.39, 0.29) is 18.3 Å². The number of halogens is 1. The maximum atomic E-state index is 13.1. The van der Waals surface area contributed by atoms with Crippen LogP contribution >= 0.6 is 0 Å². The summed E-state index contributed by atoms with van der Waals surface area (Å²) >= 11 is 0. The maximum Gasteiger partial charge on any atom is 0.252 e. The molecule has 6 heteroatoms. The number of hydrogen-bond acceptors (Lipinski definition) is 3. The third kappa shape index (κ3) is 2.90. The summed E-state index contributed by atoms with van der Waals surface area (Å²) in [4.78, 5) is 19.5. The van der Waals surface area contributed by atoms with Crippen LogP contribution in [0.25, 0.3) is 11.0 Å². The second-order valence-electron chi connectivity index (χ2n) is 5.56. The van der Waals surface area contributed by atoms with E-state index in [9.17, 15) is 9.18 Å². The van der Waals surface area contributed by atoms with Crippen LogP contribution < -0.4 is 5.32 Å². The van der Waals surface area contributed by atoms with Gasteiger partial charge in [0.05, 0.1) is 17.6 Å². The standard InChI is InChI=1S/C15H18FN3O2/c1-15(6-2-3-7-21-15)14(20)17-9-13-18-11-5-4-10(16)8-12(11)19-13/h4-5,8H,2-3,6-7,9H2,1H3,(H,17,20)(H,18,19)/t15-/m1/s1. The number of imidazole rings is 1. The van der Waals surface area contributed by atoms with E-state index in [0.29, 0.717) is 23.5 Å². The van der Waals surface area contributed by atoms with Gasteiger partial charge < -0.3 is 15.0 Å². The molecule has 0 saturated carbocycles. The van der Waals surface area contributed by atoms with Crippen molar-refractivity contribution >= 4 is 16.9 Å². The van der Waals surface area contributed by atoms with Gasteiger partial charge in [0.15, 0.2) is 0 Å². The molecule has 1 aliphatic rings. The van der Waals surface area contributed by atoms with Crippen LogP contribution in [0.4, 0.5) is 4.39 Å². The molecule has 0 bridgehead atoms. The number of hydrogen-bond donors (Lipinski definition) is 2. The van der Waals surface area contributed by atoms with Crippen LogP contribution in [0.3, 0.4) is 0 Å². The minimum atomic E-state index is -0.754. The summed E-state index contributed by atoms with van der Waals surface area (Å²) in [5.74, 6) is 0.155. The molecule has 3 rings (SSSR count). The number of H-pyrrole nitrogens is 1. The van der Waals surface area contributed by atoms with Gasteiger partial charge in [0, 0.05) is 6.61 Å². The molecule has 2 aromatic rings. The van der Waals surface area contributed by atoms with E-state index in [0.717, 1.165) is 19.3 Å². The van der Waals surface area contributed by atoms with Gasteiger partial charge in [0.25, 0.3) is 5.91 Å². The summed E-state index contributed by atoms with van der Waals surface area (Å²) in [6, 6.07) is 4.36. The predicted molar refractivity (Wildman–Crippen MR) is 76.1 cm³/mol. The van der Waals surface area contributed by atoms with Crippen molar-refractivity contribution in [1.82, 2.24) is 15.3 Å². The molecular weight excluding hydrogens is 273 g/mol. The van der Waals surface area contributed by atoms with Crippen LogP contribution in [0.15, 0.2) is 18.2 Å². The molecule has 5 nitrogen and oxygen atoms in total. The molecular formula is C15H18FN3O2. The normalized spacial score (nSPS) is 22.4. The first-order chi connectivity index (χ1) is 10.1. The Morgan fingerprint density at radius 1 is 1.52 bits per heavy atom. The van der Waals surface area contributed by atoms with Crippen LogP contribution in [-0.4, -0.2) is 28.1 Å².